The average molecular weight is 433 g/mol. The van der Waals surface area contributed by atoms with E-state index < -0.39 is 23.8 Å². The molecule has 0 unspecified atom stereocenters. The van der Waals surface area contributed by atoms with Crippen LogP contribution in [-0.4, -0.2) is 45.7 Å². The molecule has 0 heterocycles. The molecular weight excluding hydrogens is 392 g/mol. The number of rotatable bonds is 5. The molecule has 6 atom stereocenters. The van der Waals surface area contributed by atoms with Gasteiger partial charge in [0.1, 0.15) is 0 Å². The van der Waals surface area contributed by atoms with Crippen LogP contribution in [0.5, 0.6) is 0 Å². The smallest absolute Gasteiger partial charge is 0.337 e. The third-order valence-electron chi connectivity index (χ3n) is 8.00. The van der Waals surface area contributed by atoms with Crippen LogP contribution < -0.4 is 0 Å². The van der Waals surface area contributed by atoms with Gasteiger partial charge in [-0.25, -0.2) is 4.79 Å². The second-order valence-electron chi connectivity index (χ2n) is 10.8. The topological polar surface area (TPSA) is 87.0 Å². The van der Waals surface area contributed by atoms with Crippen molar-refractivity contribution in [3.8, 4) is 0 Å². The number of carbonyl (C=O) groups is 1. The molecule has 3 aliphatic rings. The van der Waals surface area contributed by atoms with Crippen LogP contribution in [0.25, 0.3) is 0 Å². The number of allylic oxidation sites excluding steroid dienone is 3. The van der Waals surface area contributed by atoms with E-state index in [4.69, 9.17) is 4.74 Å². The van der Waals surface area contributed by atoms with E-state index in [1.807, 2.05) is 0 Å². The van der Waals surface area contributed by atoms with Gasteiger partial charge < -0.3 is 20.1 Å². The summed E-state index contributed by atoms with van der Waals surface area (Å²) in [5.41, 5.74) is 1.80. The zero-order valence-electron chi connectivity index (χ0n) is 19.6. The zero-order valence-corrected chi connectivity index (χ0v) is 19.6. The van der Waals surface area contributed by atoms with Crippen molar-refractivity contribution in [3.63, 3.8) is 0 Å². The lowest BCUT2D eigenvalue weighted by Gasteiger charge is -2.44. The van der Waals surface area contributed by atoms with Crippen LogP contribution in [0.1, 0.15) is 72.6 Å². The first-order valence-corrected chi connectivity index (χ1v) is 11.8. The van der Waals surface area contributed by atoms with E-state index in [0.717, 1.165) is 31.3 Å². The Labute approximate surface area is 186 Å². The minimum Gasteiger partial charge on any atom is -0.463 e. The fourth-order valence-electron chi connectivity index (χ4n) is 6.14. The van der Waals surface area contributed by atoms with Crippen LogP contribution in [0.4, 0.5) is 0 Å². The summed E-state index contributed by atoms with van der Waals surface area (Å²) in [5.74, 6) is 0.678. The van der Waals surface area contributed by atoms with E-state index in [0.29, 0.717) is 36.9 Å². The highest BCUT2D eigenvalue weighted by Gasteiger charge is 2.50. The van der Waals surface area contributed by atoms with Crippen molar-refractivity contribution in [1.82, 2.24) is 0 Å². The number of hydrogen-bond acceptors (Lipinski definition) is 5. The number of hydrogen-bond donors (Lipinski definition) is 3. The summed E-state index contributed by atoms with van der Waals surface area (Å²) in [7, 11) is 0. The third-order valence-corrected chi connectivity index (χ3v) is 8.00. The standard InChI is InChI=1S/C26H40O5/c1-16(15-31-24(29)25(3,4)30)20-10-11-21-19(7-6-12-26(20,21)5)9-8-18-13-22(27)17(2)23(28)14-18/h8-9,16,20-23,27-28,30H,2,6-7,10-15H2,1,3-5H3/b19-9+/t16-,20-,21+,22-,23-,26-/m1/s1. The molecule has 0 aromatic heterocycles. The van der Waals surface area contributed by atoms with Crippen LogP contribution in [0.2, 0.25) is 0 Å². The molecule has 0 saturated heterocycles. The van der Waals surface area contributed by atoms with E-state index in [1.54, 1.807) is 0 Å². The van der Waals surface area contributed by atoms with Crippen molar-refractivity contribution in [2.75, 3.05) is 6.61 Å². The molecule has 0 radical (unpaired) electrons. The summed E-state index contributed by atoms with van der Waals surface area (Å²) in [5, 5.41) is 30.0. The minimum absolute atomic E-state index is 0.184. The zero-order chi connectivity index (χ0) is 23.0. The highest BCUT2D eigenvalue weighted by atomic mass is 16.5. The average Bonchev–Trinajstić information content (AvgIpc) is 3.05. The molecule has 31 heavy (non-hydrogen) atoms. The number of aliphatic hydroxyl groups excluding tert-OH is 2. The van der Waals surface area contributed by atoms with Gasteiger partial charge in [-0.15, -0.1) is 0 Å². The quantitative estimate of drug-likeness (QED) is 0.450. The van der Waals surface area contributed by atoms with Crippen molar-refractivity contribution in [2.24, 2.45) is 23.2 Å². The molecule has 174 valence electrons. The van der Waals surface area contributed by atoms with E-state index in [-0.39, 0.29) is 11.3 Å². The lowest BCUT2D eigenvalue weighted by Crippen LogP contribution is -2.39. The van der Waals surface area contributed by atoms with Crippen molar-refractivity contribution < 1.29 is 24.9 Å². The first-order chi connectivity index (χ1) is 14.4. The number of fused-ring (bicyclic) bond motifs is 1. The van der Waals surface area contributed by atoms with Gasteiger partial charge in [-0.3, -0.25) is 0 Å². The minimum atomic E-state index is -1.46. The van der Waals surface area contributed by atoms with Gasteiger partial charge in [-0.05, 0) is 87.5 Å². The molecule has 3 saturated carbocycles. The second-order valence-corrected chi connectivity index (χ2v) is 10.8. The molecule has 0 aromatic carbocycles. The highest BCUT2D eigenvalue weighted by molar-refractivity contribution is 5.78. The van der Waals surface area contributed by atoms with Gasteiger partial charge in [0.25, 0.3) is 0 Å². The summed E-state index contributed by atoms with van der Waals surface area (Å²) in [6.45, 7) is 11.6. The Kier molecular flexibility index (Phi) is 7.19. The lowest BCUT2D eigenvalue weighted by molar-refractivity contribution is -0.164. The summed E-state index contributed by atoms with van der Waals surface area (Å²) in [6.07, 6.45) is 9.82. The molecule has 0 bridgehead atoms. The molecule has 0 aromatic rings. The van der Waals surface area contributed by atoms with E-state index in [2.05, 4.69) is 32.6 Å². The molecule has 0 amide bonds. The maximum atomic E-state index is 12.0. The van der Waals surface area contributed by atoms with Crippen molar-refractivity contribution in [2.45, 2.75) is 90.4 Å². The summed E-state index contributed by atoms with van der Waals surface area (Å²) in [4.78, 5) is 12.0. The monoisotopic (exact) mass is 432 g/mol. The van der Waals surface area contributed by atoms with Crippen molar-refractivity contribution >= 4 is 5.97 Å². The summed E-state index contributed by atoms with van der Waals surface area (Å²) in [6, 6.07) is 0. The van der Waals surface area contributed by atoms with Gasteiger partial charge in [0, 0.05) is 0 Å². The van der Waals surface area contributed by atoms with Crippen LogP contribution in [0.3, 0.4) is 0 Å². The van der Waals surface area contributed by atoms with Gasteiger partial charge in [-0.2, -0.15) is 0 Å². The SMILES string of the molecule is C=C1[C@H](O)CC(=C/C=C2\CCC[C@]3(C)[C@@H]([C@H](C)COC(=O)C(C)(C)O)CC[C@@H]23)C[C@H]1O. The maximum Gasteiger partial charge on any atom is 0.337 e. The first-order valence-electron chi connectivity index (χ1n) is 11.8. The Bertz CT molecular complexity index is 742. The Morgan fingerprint density at radius 3 is 2.52 bits per heavy atom. The Morgan fingerprint density at radius 1 is 1.26 bits per heavy atom. The van der Waals surface area contributed by atoms with Gasteiger partial charge in [0.2, 0.25) is 0 Å². The number of esters is 1. The van der Waals surface area contributed by atoms with Gasteiger partial charge in [-0.1, -0.05) is 43.7 Å². The Balaban J connectivity index is 1.69. The van der Waals surface area contributed by atoms with Gasteiger partial charge in [0.15, 0.2) is 5.60 Å². The molecule has 3 rings (SSSR count). The second kappa shape index (κ2) is 9.21. The number of carbonyl (C=O) groups excluding carboxylic acids is 1. The number of aliphatic hydroxyl groups is 3. The van der Waals surface area contributed by atoms with Crippen LogP contribution in [-0.2, 0) is 9.53 Å². The summed E-state index contributed by atoms with van der Waals surface area (Å²) >= 11 is 0. The molecule has 3 fully saturated rings. The number of ether oxygens (including phenoxy) is 1. The molecule has 5 nitrogen and oxygen atoms in total. The predicted octanol–water partition coefficient (Wildman–Crippen LogP) is 4.08. The van der Waals surface area contributed by atoms with E-state index in [1.165, 1.54) is 25.8 Å². The lowest BCUT2D eigenvalue weighted by atomic mass is 9.61. The van der Waals surface area contributed by atoms with Crippen molar-refractivity contribution in [1.29, 1.82) is 0 Å². The molecule has 3 aliphatic carbocycles. The predicted molar refractivity (Wildman–Crippen MR) is 121 cm³/mol. The molecule has 3 N–H and O–H groups in total. The maximum absolute atomic E-state index is 12.0. The highest BCUT2D eigenvalue weighted by Crippen LogP contribution is 2.59. The fraction of sp³-hybridized carbons (Fsp3) is 0.731. The van der Waals surface area contributed by atoms with Crippen LogP contribution in [0, 0.1) is 23.2 Å². The molecular formula is C26H40O5. The van der Waals surface area contributed by atoms with E-state index in [9.17, 15) is 20.1 Å². The normalized spacial score (nSPS) is 36.3. The Hall–Kier alpha value is -1.43. The van der Waals surface area contributed by atoms with Crippen molar-refractivity contribution in [3.05, 3.63) is 35.5 Å². The van der Waals surface area contributed by atoms with Crippen LogP contribution >= 0.6 is 0 Å². The first kappa shape index (κ1) is 24.2. The third kappa shape index (κ3) is 5.15. The van der Waals surface area contributed by atoms with Crippen LogP contribution in [0.15, 0.2) is 35.5 Å². The molecule has 5 heteroatoms. The molecule has 0 aliphatic heterocycles. The Morgan fingerprint density at radius 2 is 1.90 bits per heavy atom. The van der Waals surface area contributed by atoms with Gasteiger partial charge >= 0.3 is 5.97 Å². The summed E-state index contributed by atoms with van der Waals surface area (Å²) < 4.78 is 5.42. The van der Waals surface area contributed by atoms with E-state index >= 15 is 0 Å². The molecule has 0 spiro atoms. The van der Waals surface area contributed by atoms with Gasteiger partial charge in [0.05, 0.1) is 18.8 Å². The largest absolute Gasteiger partial charge is 0.463 e. The fourth-order valence-corrected chi connectivity index (χ4v) is 6.14.